The summed E-state index contributed by atoms with van der Waals surface area (Å²) in [7, 11) is 0. The summed E-state index contributed by atoms with van der Waals surface area (Å²) in [5.74, 6) is -0.0644. The highest BCUT2D eigenvalue weighted by molar-refractivity contribution is 5.76. The molecule has 0 spiro atoms. The lowest BCUT2D eigenvalue weighted by atomic mass is 10.0. The quantitative estimate of drug-likeness (QED) is 0.0420. The zero-order valence-electron chi connectivity index (χ0n) is 54.9. The summed E-state index contributed by atoms with van der Waals surface area (Å²) in [5.41, 5.74) is 0. The van der Waals surface area contributed by atoms with Crippen molar-refractivity contribution in [2.45, 2.75) is 437 Å². The lowest BCUT2D eigenvalue weighted by Gasteiger charge is -2.19. The molecule has 2 unspecified atom stereocenters. The fourth-order valence-corrected chi connectivity index (χ4v) is 12.0. The maximum atomic E-state index is 12.5. The lowest BCUT2D eigenvalue weighted by Crippen LogP contribution is -2.45. The predicted molar refractivity (Wildman–Crippen MR) is 359 cm³/mol. The first-order valence-electron chi connectivity index (χ1n) is 37.2. The molecular weight excluding hydrogens is 975 g/mol. The van der Waals surface area contributed by atoms with E-state index in [-0.39, 0.29) is 12.5 Å². The maximum Gasteiger partial charge on any atom is 0.220 e. The van der Waals surface area contributed by atoms with Crippen molar-refractivity contribution >= 4 is 5.91 Å². The van der Waals surface area contributed by atoms with Crippen LogP contribution < -0.4 is 5.32 Å². The van der Waals surface area contributed by atoms with Crippen LogP contribution in [0.3, 0.4) is 0 Å². The minimum Gasteiger partial charge on any atom is -0.394 e. The zero-order chi connectivity index (χ0) is 57.6. The molecule has 0 aliphatic rings. The van der Waals surface area contributed by atoms with E-state index in [1.54, 1.807) is 6.08 Å². The van der Waals surface area contributed by atoms with Crippen LogP contribution in [0.15, 0.2) is 36.5 Å². The number of amides is 1. The van der Waals surface area contributed by atoms with Crippen LogP contribution in [-0.2, 0) is 4.79 Å². The molecule has 0 rings (SSSR count). The standard InChI is InChI=1S/C76H147NO3/c1-3-5-7-9-11-13-15-17-19-21-23-25-27-29-31-32-33-34-35-36-37-38-39-40-41-42-43-44-46-48-50-52-54-56-58-60-62-64-66-68-70-72-76(80)77-74(73-78)75(79)71-69-67-65-63-61-59-57-55-53-51-49-47-45-30-28-26-24-22-20-18-16-14-12-10-8-6-4-2/h21,23,61,63,69,71,74-75,78-79H,3-20,22,24-60,62,64-68,70,72-73H2,1-2H3,(H,77,80)/b23-21-,63-61+,71-69+. The van der Waals surface area contributed by atoms with Gasteiger partial charge in [-0.2, -0.15) is 0 Å². The zero-order valence-corrected chi connectivity index (χ0v) is 54.9. The second kappa shape index (κ2) is 71.9. The van der Waals surface area contributed by atoms with E-state index in [1.807, 2.05) is 6.08 Å². The molecule has 4 nitrogen and oxygen atoms in total. The number of aliphatic hydroxyl groups excluding tert-OH is 2. The number of unbranched alkanes of at least 4 members (excludes halogenated alkanes) is 59. The molecule has 3 N–H and O–H groups in total. The fourth-order valence-electron chi connectivity index (χ4n) is 12.0. The third kappa shape index (κ3) is 67.4. The average molecular weight is 1120 g/mol. The molecule has 0 saturated heterocycles. The number of aliphatic hydroxyl groups is 2. The molecule has 474 valence electrons. The van der Waals surface area contributed by atoms with Gasteiger partial charge in [-0.1, -0.05) is 397 Å². The van der Waals surface area contributed by atoms with Crippen LogP contribution in [0.25, 0.3) is 0 Å². The minimum absolute atomic E-state index is 0.0644. The molecule has 0 aromatic heterocycles. The summed E-state index contributed by atoms with van der Waals surface area (Å²) >= 11 is 0. The summed E-state index contributed by atoms with van der Waals surface area (Å²) in [4.78, 5) is 12.5. The van der Waals surface area contributed by atoms with Crippen molar-refractivity contribution in [2.24, 2.45) is 0 Å². The predicted octanol–water partition coefficient (Wildman–Crippen LogP) is 25.5. The fraction of sp³-hybridized carbons (Fsp3) is 0.908. The van der Waals surface area contributed by atoms with Crippen LogP contribution in [0.4, 0.5) is 0 Å². The molecular formula is C76H147NO3. The van der Waals surface area contributed by atoms with Gasteiger partial charge in [0, 0.05) is 6.42 Å². The Kier molecular flexibility index (Phi) is 70.6. The number of carbonyl (C=O) groups is 1. The van der Waals surface area contributed by atoms with Crippen LogP contribution in [0, 0.1) is 0 Å². The van der Waals surface area contributed by atoms with Crippen LogP contribution in [0.5, 0.6) is 0 Å². The van der Waals surface area contributed by atoms with Crippen LogP contribution >= 0.6 is 0 Å². The molecule has 0 aliphatic carbocycles. The first-order valence-corrected chi connectivity index (χ1v) is 37.2. The Balaban J connectivity index is 3.40. The number of carbonyl (C=O) groups excluding carboxylic acids is 1. The number of nitrogens with one attached hydrogen (secondary N) is 1. The number of rotatable bonds is 70. The van der Waals surface area contributed by atoms with Gasteiger partial charge in [0.05, 0.1) is 18.8 Å². The molecule has 1 amide bonds. The Morgan fingerprint density at radius 1 is 0.287 bits per heavy atom. The molecule has 2 atom stereocenters. The topological polar surface area (TPSA) is 69.6 Å². The van der Waals surface area contributed by atoms with Gasteiger partial charge in [-0.3, -0.25) is 4.79 Å². The van der Waals surface area contributed by atoms with Crippen molar-refractivity contribution in [1.29, 1.82) is 0 Å². The van der Waals surface area contributed by atoms with Gasteiger partial charge in [0.1, 0.15) is 0 Å². The van der Waals surface area contributed by atoms with E-state index in [0.29, 0.717) is 6.42 Å². The van der Waals surface area contributed by atoms with Crippen LogP contribution in [0.2, 0.25) is 0 Å². The van der Waals surface area contributed by atoms with E-state index in [1.165, 1.54) is 372 Å². The van der Waals surface area contributed by atoms with Gasteiger partial charge in [-0.05, 0) is 57.8 Å². The van der Waals surface area contributed by atoms with Gasteiger partial charge in [0.25, 0.3) is 0 Å². The SMILES string of the molecule is CCCCCCCCCC/C=C\CCCCCCCCCCCCCCCCCCCCCCCCCCCCCCCC(=O)NC(CO)C(O)/C=C/CC/C=C/CCCCCCCCCCCCCCCCCCCCCCC. The Morgan fingerprint density at radius 2 is 0.487 bits per heavy atom. The Bertz CT molecular complexity index is 1230. The molecule has 0 aliphatic heterocycles. The summed E-state index contributed by atoms with van der Waals surface area (Å²) in [6, 6.07) is -0.639. The minimum atomic E-state index is -0.862. The molecule has 0 heterocycles. The average Bonchev–Trinajstić information content (AvgIpc) is 3.46. The van der Waals surface area contributed by atoms with Crippen LogP contribution in [-0.4, -0.2) is 34.9 Å². The third-order valence-electron chi connectivity index (χ3n) is 17.6. The molecule has 0 bridgehead atoms. The highest BCUT2D eigenvalue weighted by Gasteiger charge is 2.18. The van der Waals surface area contributed by atoms with E-state index >= 15 is 0 Å². The van der Waals surface area contributed by atoms with Gasteiger partial charge in [0.2, 0.25) is 5.91 Å². The van der Waals surface area contributed by atoms with E-state index in [9.17, 15) is 15.0 Å². The Labute approximate surface area is 503 Å². The molecule has 0 aromatic rings. The number of hydrogen-bond donors (Lipinski definition) is 3. The molecule has 0 aromatic carbocycles. The summed E-state index contributed by atoms with van der Waals surface area (Å²) in [6.07, 6.45) is 99.9. The van der Waals surface area contributed by atoms with Crippen molar-refractivity contribution in [3.05, 3.63) is 36.5 Å². The van der Waals surface area contributed by atoms with E-state index in [0.717, 1.165) is 32.1 Å². The first-order chi connectivity index (χ1) is 39.7. The second-order valence-corrected chi connectivity index (χ2v) is 25.7. The Morgan fingerprint density at radius 3 is 0.725 bits per heavy atom. The van der Waals surface area contributed by atoms with Crippen LogP contribution in [0.1, 0.15) is 425 Å². The maximum absolute atomic E-state index is 12.5. The van der Waals surface area contributed by atoms with E-state index in [4.69, 9.17) is 0 Å². The summed E-state index contributed by atoms with van der Waals surface area (Å²) < 4.78 is 0. The number of hydrogen-bond acceptors (Lipinski definition) is 3. The second-order valence-electron chi connectivity index (χ2n) is 25.7. The smallest absolute Gasteiger partial charge is 0.220 e. The van der Waals surface area contributed by atoms with Gasteiger partial charge < -0.3 is 15.5 Å². The van der Waals surface area contributed by atoms with Crippen molar-refractivity contribution in [2.75, 3.05) is 6.61 Å². The highest BCUT2D eigenvalue weighted by atomic mass is 16.3. The van der Waals surface area contributed by atoms with Gasteiger partial charge >= 0.3 is 0 Å². The normalized spacial score (nSPS) is 12.8. The summed E-state index contributed by atoms with van der Waals surface area (Å²) in [5, 5.41) is 23.3. The molecule has 80 heavy (non-hydrogen) atoms. The summed E-state index contributed by atoms with van der Waals surface area (Å²) in [6.45, 7) is 4.35. The lowest BCUT2D eigenvalue weighted by molar-refractivity contribution is -0.123. The van der Waals surface area contributed by atoms with Gasteiger partial charge in [0.15, 0.2) is 0 Å². The number of allylic oxidation sites excluding steroid dienone is 5. The van der Waals surface area contributed by atoms with Crippen molar-refractivity contribution in [3.63, 3.8) is 0 Å². The van der Waals surface area contributed by atoms with Crippen molar-refractivity contribution < 1.29 is 15.0 Å². The van der Waals surface area contributed by atoms with Crippen molar-refractivity contribution in [3.8, 4) is 0 Å². The molecule has 0 fully saturated rings. The highest BCUT2D eigenvalue weighted by Crippen LogP contribution is 2.19. The van der Waals surface area contributed by atoms with Gasteiger partial charge in [-0.15, -0.1) is 0 Å². The molecule has 0 radical (unpaired) electrons. The monoisotopic (exact) mass is 1120 g/mol. The molecule has 4 heteroatoms. The van der Waals surface area contributed by atoms with E-state index in [2.05, 4.69) is 43.5 Å². The van der Waals surface area contributed by atoms with Gasteiger partial charge in [-0.25, -0.2) is 0 Å². The third-order valence-corrected chi connectivity index (χ3v) is 17.6. The Hall–Kier alpha value is -1.39. The van der Waals surface area contributed by atoms with E-state index < -0.39 is 12.1 Å². The van der Waals surface area contributed by atoms with Crippen molar-refractivity contribution in [1.82, 2.24) is 5.32 Å². The molecule has 0 saturated carbocycles. The largest absolute Gasteiger partial charge is 0.394 e. The first kappa shape index (κ1) is 78.6.